The van der Waals surface area contributed by atoms with E-state index in [1.54, 1.807) is 6.07 Å². The van der Waals surface area contributed by atoms with E-state index in [2.05, 4.69) is 9.97 Å². The number of aromatic nitrogens is 2. The van der Waals surface area contributed by atoms with E-state index in [4.69, 9.17) is 23.2 Å². The van der Waals surface area contributed by atoms with Gasteiger partial charge in [-0.15, -0.1) is 0 Å². The SMILES string of the molecule is Fc1ccc(-c2ncncc2Cl)cc1Cl. The van der Waals surface area contributed by atoms with Gasteiger partial charge in [-0.25, -0.2) is 14.4 Å². The lowest BCUT2D eigenvalue weighted by Crippen LogP contribution is -1.87. The van der Waals surface area contributed by atoms with Crippen LogP contribution in [0.25, 0.3) is 11.3 Å². The van der Waals surface area contributed by atoms with Gasteiger partial charge in [0.2, 0.25) is 0 Å². The van der Waals surface area contributed by atoms with E-state index in [0.29, 0.717) is 16.3 Å². The molecular weight excluding hydrogens is 238 g/mol. The van der Waals surface area contributed by atoms with E-state index < -0.39 is 5.82 Å². The van der Waals surface area contributed by atoms with Crippen molar-refractivity contribution < 1.29 is 4.39 Å². The summed E-state index contributed by atoms with van der Waals surface area (Å²) in [5, 5.41) is 0.447. The van der Waals surface area contributed by atoms with Crippen molar-refractivity contribution in [3.63, 3.8) is 0 Å². The minimum Gasteiger partial charge on any atom is -0.243 e. The van der Waals surface area contributed by atoms with Crippen molar-refractivity contribution in [2.75, 3.05) is 0 Å². The molecule has 0 atom stereocenters. The summed E-state index contributed by atoms with van der Waals surface area (Å²) in [6.45, 7) is 0. The maximum absolute atomic E-state index is 12.9. The molecule has 2 aromatic rings. The summed E-state index contributed by atoms with van der Waals surface area (Å²) in [6.07, 6.45) is 2.85. The molecule has 0 aliphatic carbocycles. The van der Waals surface area contributed by atoms with Crippen LogP contribution in [0.5, 0.6) is 0 Å². The van der Waals surface area contributed by atoms with Gasteiger partial charge >= 0.3 is 0 Å². The highest BCUT2D eigenvalue weighted by atomic mass is 35.5. The summed E-state index contributed by atoms with van der Waals surface area (Å²) in [4.78, 5) is 7.76. The van der Waals surface area contributed by atoms with Crippen LogP contribution in [-0.4, -0.2) is 9.97 Å². The lowest BCUT2D eigenvalue weighted by Gasteiger charge is -2.03. The van der Waals surface area contributed by atoms with E-state index in [9.17, 15) is 4.39 Å². The minimum atomic E-state index is -0.467. The Morgan fingerprint density at radius 3 is 2.60 bits per heavy atom. The summed E-state index contributed by atoms with van der Waals surface area (Å²) in [5.41, 5.74) is 1.20. The quantitative estimate of drug-likeness (QED) is 0.764. The van der Waals surface area contributed by atoms with Crippen LogP contribution in [0.4, 0.5) is 4.39 Å². The van der Waals surface area contributed by atoms with Crippen molar-refractivity contribution in [3.05, 3.63) is 46.6 Å². The van der Waals surface area contributed by atoms with Crippen LogP contribution in [-0.2, 0) is 0 Å². The second kappa shape index (κ2) is 4.13. The van der Waals surface area contributed by atoms with Gasteiger partial charge in [0.1, 0.15) is 12.1 Å². The fraction of sp³-hybridized carbons (Fsp3) is 0. The van der Waals surface area contributed by atoms with Crippen LogP contribution >= 0.6 is 23.2 Å². The molecular formula is C10H5Cl2FN2. The van der Waals surface area contributed by atoms with Crippen molar-refractivity contribution in [3.8, 4) is 11.3 Å². The third-order valence-corrected chi connectivity index (χ3v) is 2.43. The predicted octanol–water partition coefficient (Wildman–Crippen LogP) is 3.59. The molecule has 2 nitrogen and oxygen atoms in total. The molecule has 0 fully saturated rings. The third-order valence-electron chi connectivity index (χ3n) is 1.86. The van der Waals surface area contributed by atoms with Crippen LogP contribution in [0.1, 0.15) is 0 Å². The number of hydrogen-bond donors (Lipinski definition) is 0. The van der Waals surface area contributed by atoms with Gasteiger partial charge in [0.15, 0.2) is 0 Å². The van der Waals surface area contributed by atoms with Gasteiger partial charge in [-0.05, 0) is 18.2 Å². The largest absolute Gasteiger partial charge is 0.243 e. The molecule has 0 aliphatic heterocycles. The van der Waals surface area contributed by atoms with E-state index in [-0.39, 0.29) is 5.02 Å². The summed E-state index contributed by atoms with van der Waals surface area (Å²) in [7, 11) is 0. The van der Waals surface area contributed by atoms with Crippen molar-refractivity contribution in [1.82, 2.24) is 9.97 Å². The normalized spacial score (nSPS) is 10.3. The summed E-state index contributed by atoms with van der Waals surface area (Å²) in [6, 6.07) is 4.32. The Balaban J connectivity index is 2.55. The molecule has 0 saturated heterocycles. The fourth-order valence-electron chi connectivity index (χ4n) is 1.17. The Labute approximate surface area is 95.7 Å². The first-order valence-electron chi connectivity index (χ1n) is 4.09. The fourth-order valence-corrected chi connectivity index (χ4v) is 1.56. The Morgan fingerprint density at radius 1 is 1.13 bits per heavy atom. The maximum Gasteiger partial charge on any atom is 0.141 e. The lowest BCUT2D eigenvalue weighted by atomic mass is 10.1. The Morgan fingerprint density at radius 2 is 1.93 bits per heavy atom. The van der Waals surface area contributed by atoms with Gasteiger partial charge in [0.25, 0.3) is 0 Å². The van der Waals surface area contributed by atoms with Crippen LogP contribution in [0, 0.1) is 5.82 Å². The van der Waals surface area contributed by atoms with Gasteiger partial charge in [-0.3, -0.25) is 0 Å². The first kappa shape index (κ1) is 10.3. The van der Waals surface area contributed by atoms with Gasteiger partial charge in [0, 0.05) is 11.8 Å². The molecule has 0 spiro atoms. The average molecular weight is 243 g/mol. The first-order chi connectivity index (χ1) is 7.18. The molecule has 0 N–H and O–H groups in total. The molecule has 1 aromatic carbocycles. The van der Waals surface area contributed by atoms with Gasteiger partial charge in [-0.2, -0.15) is 0 Å². The molecule has 76 valence electrons. The van der Waals surface area contributed by atoms with Crippen molar-refractivity contribution >= 4 is 23.2 Å². The van der Waals surface area contributed by atoms with Crippen LogP contribution in [0.15, 0.2) is 30.7 Å². The maximum atomic E-state index is 12.9. The van der Waals surface area contributed by atoms with Gasteiger partial charge in [-0.1, -0.05) is 23.2 Å². The van der Waals surface area contributed by atoms with Crippen molar-refractivity contribution in [2.45, 2.75) is 0 Å². The van der Waals surface area contributed by atoms with Crippen molar-refractivity contribution in [1.29, 1.82) is 0 Å². The number of benzene rings is 1. The van der Waals surface area contributed by atoms with Crippen molar-refractivity contribution in [2.24, 2.45) is 0 Å². The molecule has 0 unspecified atom stereocenters. The second-order valence-electron chi connectivity index (χ2n) is 2.85. The number of nitrogens with zero attached hydrogens (tertiary/aromatic N) is 2. The van der Waals surface area contributed by atoms with Gasteiger partial charge in [0.05, 0.1) is 15.7 Å². The van der Waals surface area contributed by atoms with E-state index in [1.165, 1.54) is 24.7 Å². The first-order valence-corrected chi connectivity index (χ1v) is 4.85. The smallest absolute Gasteiger partial charge is 0.141 e. The summed E-state index contributed by atoms with van der Waals surface area (Å²) >= 11 is 11.5. The van der Waals surface area contributed by atoms with E-state index >= 15 is 0 Å². The minimum absolute atomic E-state index is 0.0437. The Hall–Kier alpha value is -1.19. The lowest BCUT2D eigenvalue weighted by molar-refractivity contribution is 0.628. The van der Waals surface area contributed by atoms with E-state index in [1.807, 2.05) is 0 Å². The Bertz CT molecular complexity index is 503. The zero-order chi connectivity index (χ0) is 10.8. The average Bonchev–Trinajstić information content (AvgIpc) is 2.23. The number of hydrogen-bond acceptors (Lipinski definition) is 2. The molecule has 0 saturated carbocycles. The zero-order valence-corrected chi connectivity index (χ0v) is 8.93. The van der Waals surface area contributed by atoms with Crippen LogP contribution in [0.3, 0.4) is 0 Å². The molecule has 1 aromatic heterocycles. The van der Waals surface area contributed by atoms with E-state index in [0.717, 1.165) is 0 Å². The molecule has 15 heavy (non-hydrogen) atoms. The monoisotopic (exact) mass is 242 g/mol. The highest BCUT2D eigenvalue weighted by molar-refractivity contribution is 6.33. The molecule has 1 heterocycles. The second-order valence-corrected chi connectivity index (χ2v) is 3.66. The highest BCUT2D eigenvalue weighted by Crippen LogP contribution is 2.27. The third kappa shape index (κ3) is 2.08. The zero-order valence-electron chi connectivity index (χ0n) is 7.42. The van der Waals surface area contributed by atoms with Crippen LogP contribution in [0.2, 0.25) is 10.0 Å². The highest BCUT2D eigenvalue weighted by Gasteiger charge is 2.07. The standard InChI is InChI=1S/C10H5Cl2FN2/c11-7-3-6(1-2-9(7)13)10-8(12)4-14-5-15-10/h1-5H. The molecule has 0 radical (unpaired) electrons. The predicted molar refractivity (Wildman–Crippen MR) is 57.4 cm³/mol. The molecule has 0 aliphatic rings. The molecule has 2 rings (SSSR count). The topological polar surface area (TPSA) is 25.8 Å². The number of rotatable bonds is 1. The number of halogens is 3. The van der Waals surface area contributed by atoms with Crippen LogP contribution < -0.4 is 0 Å². The molecule has 5 heteroatoms. The summed E-state index contributed by atoms with van der Waals surface area (Å²) in [5.74, 6) is -0.467. The molecule has 0 amide bonds. The molecule has 0 bridgehead atoms. The summed E-state index contributed by atoms with van der Waals surface area (Å²) < 4.78 is 12.9. The van der Waals surface area contributed by atoms with Gasteiger partial charge < -0.3 is 0 Å². The Kier molecular flexibility index (Phi) is 2.84.